The second-order valence-corrected chi connectivity index (χ2v) is 7.44. The minimum atomic E-state index is 0.0137. The van der Waals surface area contributed by atoms with Crippen LogP contribution in [0.5, 0.6) is 0 Å². The van der Waals surface area contributed by atoms with Gasteiger partial charge in [0, 0.05) is 24.9 Å². The highest BCUT2D eigenvalue weighted by Crippen LogP contribution is 2.15. The summed E-state index contributed by atoms with van der Waals surface area (Å²) in [5.74, 6) is 0.701. The van der Waals surface area contributed by atoms with Gasteiger partial charge in [-0.2, -0.15) is 0 Å². The van der Waals surface area contributed by atoms with Gasteiger partial charge < -0.3 is 5.32 Å². The Morgan fingerprint density at radius 3 is 2.46 bits per heavy atom. The van der Waals surface area contributed by atoms with E-state index < -0.39 is 0 Å². The Balaban J connectivity index is 1.77. The molecule has 1 aromatic heterocycles. The molecule has 4 nitrogen and oxygen atoms in total. The molecule has 0 saturated carbocycles. The van der Waals surface area contributed by atoms with Crippen molar-refractivity contribution in [2.75, 3.05) is 20.1 Å². The van der Waals surface area contributed by atoms with E-state index in [2.05, 4.69) is 48.4 Å². The topological polar surface area (TPSA) is 45.2 Å². The van der Waals surface area contributed by atoms with E-state index in [1.165, 1.54) is 5.56 Å². The van der Waals surface area contributed by atoms with Gasteiger partial charge in [0.2, 0.25) is 5.91 Å². The molecule has 1 atom stereocenters. The van der Waals surface area contributed by atoms with E-state index in [0.717, 1.165) is 30.6 Å². The molecule has 0 radical (unpaired) electrons. The largest absolute Gasteiger partial charge is 0.348 e. The van der Waals surface area contributed by atoms with Crippen LogP contribution in [0.2, 0.25) is 0 Å². The summed E-state index contributed by atoms with van der Waals surface area (Å²) in [5, 5.41) is 3.09. The number of rotatable bonds is 9. The third-order valence-electron chi connectivity index (χ3n) is 4.39. The molecule has 140 valence electrons. The van der Waals surface area contributed by atoms with Gasteiger partial charge in [-0.3, -0.25) is 14.7 Å². The van der Waals surface area contributed by atoms with Crippen molar-refractivity contribution in [2.24, 2.45) is 5.92 Å². The van der Waals surface area contributed by atoms with Crippen LogP contribution >= 0.6 is 0 Å². The van der Waals surface area contributed by atoms with Crippen molar-refractivity contribution < 1.29 is 4.79 Å². The van der Waals surface area contributed by atoms with Gasteiger partial charge in [0.25, 0.3) is 0 Å². The second kappa shape index (κ2) is 10.1. The summed E-state index contributed by atoms with van der Waals surface area (Å²) in [4.78, 5) is 18.6. The van der Waals surface area contributed by atoms with Gasteiger partial charge in [-0.15, -0.1) is 0 Å². The third kappa shape index (κ3) is 6.96. The smallest absolute Gasteiger partial charge is 0.234 e. The molecule has 1 N–H and O–H groups in total. The molecule has 1 heterocycles. The standard InChI is InChI=1S/C22H31N3O/c1-17(2)15-19-8-10-20(11-9-19)18(3)24-22(26)16-25(4)14-12-21-7-5-6-13-23-21/h5-11,13,17-18H,12,14-16H2,1-4H3,(H,24,26). The van der Waals surface area contributed by atoms with E-state index in [-0.39, 0.29) is 11.9 Å². The summed E-state index contributed by atoms with van der Waals surface area (Å²) in [6.07, 6.45) is 3.73. The maximum Gasteiger partial charge on any atom is 0.234 e. The molecule has 0 fully saturated rings. The molecule has 0 aliphatic carbocycles. The zero-order chi connectivity index (χ0) is 18.9. The van der Waals surface area contributed by atoms with Gasteiger partial charge in [0.05, 0.1) is 12.6 Å². The fourth-order valence-corrected chi connectivity index (χ4v) is 2.96. The lowest BCUT2D eigenvalue weighted by atomic mass is 10.00. The molecule has 4 heteroatoms. The van der Waals surface area contributed by atoms with Gasteiger partial charge in [-0.25, -0.2) is 0 Å². The number of pyridine rings is 1. The Morgan fingerprint density at radius 2 is 1.85 bits per heavy atom. The molecule has 0 bridgehead atoms. The number of benzene rings is 1. The zero-order valence-electron chi connectivity index (χ0n) is 16.4. The molecule has 0 saturated heterocycles. The molecule has 1 amide bonds. The number of aromatic nitrogens is 1. The Hall–Kier alpha value is -2.20. The van der Waals surface area contributed by atoms with Gasteiger partial charge in [0.15, 0.2) is 0 Å². The van der Waals surface area contributed by atoms with E-state index in [0.29, 0.717) is 12.5 Å². The monoisotopic (exact) mass is 353 g/mol. The average Bonchev–Trinajstić information content (AvgIpc) is 2.61. The highest BCUT2D eigenvalue weighted by molar-refractivity contribution is 5.78. The lowest BCUT2D eigenvalue weighted by Crippen LogP contribution is -2.37. The Morgan fingerprint density at radius 1 is 1.12 bits per heavy atom. The number of nitrogens with zero attached hydrogens (tertiary/aromatic N) is 2. The zero-order valence-corrected chi connectivity index (χ0v) is 16.4. The molecular weight excluding hydrogens is 322 g/mol. The van der Waals surface area contributed by atoms with E-state index in [9.17, 15) is 4.79 Å². The number of hydrogen-bond donors (Lipinski definition) is 1. The average molecular weight is 354 g/mol. The first-order valence-corrected chi connectivity index (χ1v) is 9.40. The molecular formula is C22H31N3O. The first-order valence-electron chi connectivity index (χ1n) is 9.40. The van der Waals surface area contributed by atoms with E-state index in [1.54, 1.807) is 6.20 Å². The number of likely N-dealkylation sites (N-methyl/N-ethyl adjacent to an activating group) is 1. The summed E-state index contributed by atoms with van der Waals surface area (Å²) in [6.45, 7) is 7.68. The Labute approximate surface area is 157 Å². The van der Waals surface area contributed by atoms with Crippen molar-refractivity contribution in [2.45, 2.75) is 39.7 Å². The number of carbonyl (C=O) groups excluding carboxylic acids is 1. The number of nitrogens with one attached hydrogen (secondary N) is 1. The fourth-order valence-electron chi connectivity index (χ4n) is 2.96. The molecule has 1 unspecified atom stereocenters. The van der Waals surface area contributed by atoms with E-state index >= 15 is 0 Å². The van der Waals surface area contributed by atoms with E-state index in [1.807, 2.05) is 37.1 Å². The van der Waals surface area contributed by atoms with Crippen molar-refractivity contribution >= 4 is 5.91 Å². The van der Waals surface area contributed by atoms with Crippen LogP contribution in [0.15, 0.2) is 48.7 Å². The molecule has 26 heavy (non-hydrogen) atoms. The van der Waals surface area contributed by atoms with Crippen LogP contribution in [-0.2, 0) is 17.6 Å². The first-order chi connectivity index (χ1) is 12.4. The molecule has 2 rings (SSSR count). The molecule has 2 aromatic rings. The second-order valence-electron chi connectivity index (χ2n) is 7.44. The summed E-state index contributed by atoms with van der Waals surface area (Å²) < 4.78 is 0. The highest BCUT2D eigenvalue weighted by atomic mass is 16.2. The quantitative estimate of drug-likeness (QED) is 0.749. The van der Waals surface area contributed by atoms with Crippen molar-refractivity contribution in [3.05, 3.63) is 65.5 Å². The lowest BCUT2D eigenvalue weighted by Gasteiger charge is -2.19. The van der Waals surface area contributed by atoms with Gasteiger partial charge in [-0.1, -0.05) is 44.2 Å². The Kier molecular flexibility index (Phi) is 7.79. The molecule has 0 spiro atoms. The van der Waals surface area contributed by atoms with Crippen LogP contribution in [0.4, 0.5) is 0 Å². The fraction of sp³-hybridized carbons (Fsp3) is 0.455. The van der Waals surface area contributed by atoms with Crippen molar-refractivity contribution in [3.8, 4) is 0 Å². The van der Waals surface area contributed by atoms with E-state index in [4.69, 9.17) is 0 Å². The summed E-state index contributed by atoms with van der Waals surface area (Å²) in [6, 6.07) is 14.5. The summed E-state index contributed by atoms with van der Waals surface area (Å²) in [5.41, 5.74) is 3.54. The van der Waals surface area contributed by atoms with Gasteiger partial charge in [0.1, 0.15) is 0 Å². The predicted molar refractivity (Wildman–Crippen MR) is 107 cm³/mol. The summed E-state index contributed by atoms with van der Waals surface area (Å²) >= 11 is 0. The normalized spacial score (nSPS) is 12.4. The van der Waals surface area contributed by atoms with Crippen LogP contribution in [-0.4, -0.2) is 35.9 Å². The third-order valence-corrected chi connectivity index (χ3v) is 4.39. The van der Waals surface area contributed by atoms with Crippen LogP contribution in [0.25, 0.3) is 0 Å². The lowest BCUT2D eigenvalue weighted by molar-refractivity contribution is -0.122. The molecule has 1 aromatic carbocycles. The van der Waals surface area contributed by atoms with Crippen LogP contribution in [0.3, 0.4) is 0 Å². The van der Waals surface area contributed by atoms with Gasteiger partial charge in [-0.05, 0) is 49.6 Å². The minimum Gasteiger partial charge on any atom is -0.348 e. The minimum absolute atomic E-state index is 0.0137. The van der Waals surface area contributed by atoms with Crippen molar-refractivity contribution in [3.63, 3.8) is 0 Å². The van der Waals surface area contributed by atoms with Crippen molar-refractivity contribution in [1.29, 1.82) is 0 Å². The number of hydrogen-bond acceptors (Lipinski definition) is 3. The van der Waals surface area contributed by atoms with Crippen LogP contribution in [0, 0.1) is 5.92 Å². The number of carbonyl (C=O) groups is 1. The molecule has 0 aliphatic heterocycles. The molecule has 0 aliphatic rings. The maximum atomic E-state index is 12.3. The first kappa shape index (κ1) is 20.1. The van der Waals surface area contributed by atoms with Crippen molar-refractivity contribution in [1.82, 2.24) is 15.2 Å². The predicted octanol–water partition coefficient (Wildman–Crippen LogP) is 3.63. The maximum absolute atomic E-state index is 12.3. The SMILES string of the molecule is CC(C)Cc1ccc(C(C)NC(=O)CN(C)CCc2ccccn2)cc1. The summed E-state index contributed by atoms with van der Waals surface area (Å²) in [7, 11) is 1.97. The van der Waals surface area contributed by atoms with Gasteiger partial charge >= 0.3 is 0 Å². The highest BCUT2D eigenvalue weighted by Gasteiger charge is 2.12. The Bertz CT molecular complexity index is 668. The number of amides is 1. The van der Waals surface area contributed by atoms with Crippen LogP contribution in [0.1, 0.15) is 43.6 Å². The van der Waals surface area contributed by atoms with Crippen LogP contribution < -0.4 is 5.32 Å².